The Kier molecular flexibility index (Phi) is 4.39. The molecule has 0 heterocycles. The first-order chi connectivity index (χ1) is 7.85. The molecule has 0 saturated carbocycles. The van der Waals surface area contributed by atoms with Gasteiger partial charge in [0, 0.05) is 5.56 Å². The summed E-state index contributed by atoms with van der Waals surface area (Å²) in [7, 11) is 0. The van der Waals surface area contributed by atoms with Gasteiger partial charge in [-0.15, -0.1) is 0 Å². The lowest BCUT2D eigenvalue weighted by molar-refractivity contribution is 0.425. The lowest BCUT2D eigenvalue weighted by Gasteiger charge is -2.22. The molecule has 1 heteroatoms. The van der Waals surface area contributed by atoms with E-state index in [9.17, 15) is 5.11 Å². The molecule has 0 amide bonds. The normalized spacial score (nSPS) is 11.5. The highest BCUT2D eigenvalue weighted by Gasteiger charge is 2.17. The highest BCUT2D eigenvalue weighted by atomic mass is 16.3. The average molecular weight is 232 g/mol. The van der Waals surface area contributed by atoms with E-state index in [0.29, 0.717) is 5.75 Å². The van der Waals surface area contributed by atoms with Crippen molar-refractivity contribution in [2.24, 2.45) is 5.41 Å². The van der Waals surface area contributed by atoms with Gasteiger partial charge < -0.3 is 5.11 Å². The van der Waals surface area contributed by atoms with Crippen LogP contribution in [0.4, 0.5) is 0 Å². The Morgan fingerprint density at radius 1 is 1.29 bits per heavy atom. The fraction of sp³-hybridized carbons (Fsp3) is 0.500. The second-order valence-electron chi connectivity index (χ2n) is 5.90. The highest BCUT2D eigenvalue weighted by Crippen LogP contribution is 2.35. The summed E-state index contributed by atoms with van der Waals surface area (Å²) in [6.45, 7) is 12.9. The lowest BCUT2D eigenvalue weighted by Crippen LogP contribution is -2.06. The van der Waals surface area contributed by atoms with Crippen molar-refractivity contribution in [1.82, 2.24) is 0 Å². The molecule has 0 spiro atoms. The van der Waals surface area contributed by atoms with E-state index in [0.717, 1.165) is 30.4 Å². The third-order valence-electron chi connectivity index (χ3n) is 2.75. The second kappa shape index (κ2) is 5.39. The van der Waals surface area contributed by atoms with Gasteiger partial charge in [0.2, 0.25) is 0 Å². The predicted octanol–water partition coefficient (Wildman–Crippen LogP) is 4.79. The molecule has 0 aliphatic rings. The van der Waals surface area contributed by atoms with Crippen molar-refractivity contribution >= 4 is 5.57 Å². The third kappa shape index (κ3) is 3.92. The quantitative estimate of drug-likeness (QED) is 0.791. The van der Waals surface area contributed by atoms with Gasteiger partial charge in [0.05, 0.1) is 0 Å². The Morgan fingerprint density at radius 3 is 2.47 bits per heavy atom. The summed E-state index contributed by atoms with van der Waals surface area (Å²) in [6, 6.07) is 5.75. The van der Waals surface area contributed by atoms with Crippen LogP contribution in [0.1, 0.15) is 51.7 Å². The van der Waals surface area contributed by atoms with Crippen LogP contribution in [0, 0.1) is 5.41 Å². The van der Waals surface area contributed by atoms with Crippen molar-refractivity contribution in [2.75, 3.05) is 0 Å². The van der Waals surface area contributed by atoms with Gasteiger partial charge in [-0.05, 0) is 35.5 Å². The van der Waals surface area contributed by atoms with E-state index in [4.69, 9.17) is 0 Å². The zero-order valence-corrected chi connectivity index (χ0v) is 11.5. The van der Waals surface area contributed by atoms with E-state index in [1.165, 1.54) is 5.56 Å². The fourth-order valence-electron chi connectivity index (χ4n) is 2.20. The molecule has 1 rings (SSSR count). The van der Waals surface area contributed by atoms with E-state index in [1.54, 1.807) is 6.07 Å². The van der Waals surface area contributed by atoms with Gasteiger partial charge in [-0.25, -0.2) is 0 Å². The second-order valence-corrected chi connectivity index (χ2v) is 5.90. The zero-order valence-electron chi connectivity index (χ0n) is 11.5. The Morgan fingerprint density at radius 2 is 1.94 bits per heavy atom. The highest BCUT2D eigenvalue weighted by molar-refractivity contribution is 5.71. The van der Waals surface area contributed by atoms with E-state index < -0.39 is 0 Å². The molecular formula is C16H24O. The van der Waals surface area contributed by atoms with Crippen molar-refractivity contribution in [3.8, 4) is 5.75 Å². The molecular weight excluding hydrogens is 208 g/mol. The van der Waals surface area contributed by atoms with Crippen LogP contribution >= 0.6 is 0 Å². The van der Waals surface area contributed by atoms with Crippen LogP contribution in [0.15, 0.2) is 24.8 Å². The summed E-state index contributed by atoms with van der Waals surface area (Å²) >= 11 is 0. The number of hydrogen-bond donors (Lipinski definition) is 1. The average Bonchev–Trinajstić information content (AvgIpc) is 2.15. The minimum atomic E-state index is 0.197. The van der Waals surface area contributed by atoms with Crippen LogP contribution in [0.5, 0.6) is 5.75 Å². The number of phenolic OH excluding ortho intramolecular Hbond substituents is 1. The van der Waals surface area contributed by atoms with Crippen LogP contribution < -0.4 is 0 Å². The van der Waals surface area contributed by atoms with Crippen molar-refractivity contribution in [1.29, 1.82) is 0 Å². The summed E-state index contributed by atoms with van der Waals surface area (Å²) in [5.74, 6) is 0.366. The fourth-order valence-corrected chi connectivity index (χ4v) is 2.20. The van der Waals surface area contributed by atoms with Crippen molar-refractivity contribution in [3.05, 3.63) is 35.9 Å². The van der Waals surface area contributed by atoms with E-state index >= 15 is 0 Å². The van der Waals surface area contributed by atoms with Crippen molar-refractivity contribution < 1.29 is 5.11 Å². The van der Waals surface area contributed by atoms with Crippen molar-refractivity contribution in [2.45, 2.75) is 47.0 Å². The standard InChI is InChI=1S/C16H24O/c1-6-8-13-9-7-10-14(17)15(13)12(2)11-16(3,4)5/h7,9-10,17H,2,6,8,11H2,1,3-5H3. The summed E-state index contributed by atoms with van der Waals surface area (Å²) < 4.78 is 0. The molecule has 94 valence electrons. The summed E-state index contributed by atoms with van der Waals surface area (Å²) in [5, 5.41) is 10.0. The molecule has 0 aliphatic heterocycles. The summed E-state index contributed by atoms with van der Waals surface area (Å²) in [5.41, 5.74) is 3.41. The number of phenols is 1. The van der Waals surface area contributed by atoms with Crippen LogP contribution in [0.2, 0.25) is 0 Å². The van der Waals surface area contributed by atoms with Gasteiger partial charge in [0.15, 0.2) is 0 Å². The molecule has 0 aromatic heterocycles. The summed E-state index contributed by atoms with van der Waals surface area (Å²) in [4.78, 5) is 0. The number of rotatable bonds is 4. The molecule has 0 aliphatic carbocycles. The van der Waals surface area contributed by atoms with E-state index in [-0.39, 0.29) is 5.41 Å². The van der Waals surface area contributed by atoms with Crippen molar-refractivity contribution in [3.63, 3.8) is 0 Å². The zero-order chi connectivity index (χ0) is 13.1. The number of benzene rings is 1. The largest absolute Gasteiger partial charge is 0.507 e. The number of aryl methyl sites for hydroxylation is 1. The van der Waals surface area contributed by atoms with Crippen LogP contribution in [0.25, 0.3) is 5.57 Å². The predicted molar refractivity (Wildman–Crippen MR) is 75.2 cm³/mol. The Balaban J connectivity index is 3.07. The Labute approximate surface area is 105 Å². The molecule has 1 N–H and O–H groups in total. The Bertz CT molecular complexity index is 396. The Hall–Kier alpha value is -1.24. The van der Waals surface area contributed by atoms with Crippen LogP contribution in [-0.4, -0.2) is 5.11 Å². The third-order valence-corrected chi connectivity index (χ3v) is 2.75. The maximum Gasteiger partial charge on any atom is 0.123 e. The molecule has 0 saturated heterocycles. The number of hydrogen-bond acceptors (Lipinski definition) is 1. The first-order valence-electron chi connectivity index (χ1n) is 6.34. The molecule has 1 aromatic rings. The minimum absolute atomic E-state index is 0.197. The monoisotopic (exact) mass is 232 g/mol. The van der Waals surface area contributed by atoms with Gasteiger partial charge in [0.1, 0.15) is 5.75 Å². The van der Waals surface area contributed by atoms with E-state index in [2.05, 4.69) is 40.3 Å². The van der Waals surface area contributed by atoms with Gasteiger partial charge in [-0.2, -0.15) is 0 Å². The maximum absolute atomic E-state index is 10.0. The first kappa shape index (κ1) is 13.8. The SMILES string of the molecule is C=C(CC(C)(C)C)c1c(O)cccc1CCC. The van der Waals surface area contributed by atoms with Gasteiger partial charge >= 0.3 is 0 Å². The van der Waals surface area contributed by atoms with Gasteiger partial charge in [0.25, 0.3) is 0 Å². The molecule has 17 heavy (non-hydrogen) atoms. The topological polar surface area (TPSA) is 20.2 Å². The number of allylic oxidation sites excluding steroid dienone is 1. The molecule has 0 unspecified atom stereocenters. The van der Waals surface area contributed by atoms with E-state index in [1.807, 2.05) is 6.07 Å². The molecule has 0 radical (unpaired) electrons. The molecule has 1 nitrogen and oxygen atoms in total. The van der Waals surface area contributed by atoms with Gasteiger partial charge in [-0.3, -0.25) is 0 Å². The summed E-state index contributed by atoms with van der Waals surface area (Å²) in [6.07, 6.45) is 2.98. The van der Waals surface area contributed by atoms with Gasteiger partial charge in [-0.1, -0.05) is 52.8 Å². The molecule has 0 fully saturated rings. The number of aromatic hydroxyl groups is 1. The maximum atomic E-state index is 10.0. The molecule has 1 aromatic carbocycles. The smallest absolute Gasteiger partial charge is 0.123 e. The first-order valence-corrected chi connectivity index (χ1v) is 6.34. The molecule has 0 atom stereocenters. The van der Waals surface area contributed by atoms with Crippen LogP contribution in [-0.2, 0) is 6.42 Å². The molecule has 0 bridgehead atoms. The lowest BCUT2D eigenvalue weighted by atomic mass is 9.84. The minimum Gasteiger partial charge on any atom is -0.507 e. The van der Waals surface area contributed by atoms with Crippen LogP contribution in [0.3, 0.4) is 0 Å².